The number of halogens is 5. The number of aliphatic imine (C=N–C) groups is 1. The summed E-state index contributed by atoms with van der Waals surface area (Å²) in [7, 11) is 3.48. The van der Waals surface area contributed by atoms with Crippen LogP contribution in [0.1, 0.15) is 5.69 Å². The van der Waals surface area contributed by atoms with Gasteiger partial charge >= 0.3 is 6.18 Å². The van der Waals surface area contributed by atoms with Crippen molar-refractivity contribution in [1.82, 2.24) is 14.9 Å². The van der Waals surface area contributed by atoms with Crippen molar-refractivity contribution in [3.8, 4) is 11.1 Å². The summed E-state index contributed by atoms with van der Waals surface area (Å²) >= 11 is 12.2. The Labute approximate surface area is 151 Å². The molecule has 0 bridgehead atoms. The molecule has 0 atom stereocenters. The van der Waals surface area contributed by atoms with Crippen molar-refractivity contribution in [2.75, 3.05) is 25.6 Å². The third-order valence-corrected chi connectivity index (χ3v) is 3.52. The molecule has 0 unspecified atom stereocenters. The number of rotatable bonds is 3. The van der Waals surface area contributed by atoms with Gasteiger partial charge in [-0.1, -0.05) is 23.2 Å². The smallest absolute Gasteiger partial charge is 0.383 e. The van der Waals surface area contributed by atoms with Gasteiger partial charge in [-0.05, 0) is 17.7 Å². The maximum atomic E-state index is 13.3. The second kappa shape index (κ2) is 6.93. The van der Waals surface area contributed by atoms with Gasteiger partial charge in [-0.25, -0.2) is 9.98 Å². The zero-order valence-electron chi connectivity index (χ0n) is 13.1. The summed E-state index contributed by atoms with van der Waals surface area (Å²) in [6.07, 6.45) is -3.34. The van der Waals surface area contributed by atoms with Crippen LogP contribution < -0.4 is 11.5 Å². The molecule has 0 saturated heterocycles. The highest BCUT2D eigenvalue weighted by Gasteiger charge is 2.38. The molecule has 1 aromatic carbocycles. The van der Waals surface area contributed by atoms with E-state index < -0.39 is 29.2 Å². The average molecular weight is 393 g/mol. The van der Waals surface area contributed by atoms with Crippen LogP contribution in [-0.4, -0.2) is 35.3 Å². The third kappa shape index (κ3) is 4.23. The lowest BCUT2D eigenvalue weighted by Crippen LogP contribution is -2.15. The van der Waals surface area contributed by atoms with Gasteiger partial charge in [0, 0.05) is 14.1 Å². The van der Waals surface area contributed by atoms with Gasteiger partial charge in [-0.2, -0.15) is 18.2 Å². The van der Waals surface area contributed by atoms with Crippen molar-refractivity contribution in [3.63, 3.8) is 0 Å². The Kier molecular flexibility index (Phi) is 5.28. The largest absolute Gasteiger partial charge is 0.434 e. The fraction of sp³-hybridized carbons (Fsp3) is 0.214. The van der Waals surface area contributed by atoms with E-state index in [2.05, 4.69) is 15.0 Å². The minimum atomic E-state index is -4.79. The van der Waals surface area contributed by atoms with E-state index in [0.717, 1.165) is 0 Å². The molecule has 0 saturated carbocycles. The molecule has 11 heteroatoms. The van der Waals surface area contributed by atoms with E-state index in [4.69, 9.17) is 34.7 Å². The number of hydrogen-bond donors (Lipinski definition) is 2. The first-order valence-electron chi connectivity index (χ1n) is 6.71. The van der Waals surface area contributed by atoms with E-state index >= 15 is 0 Å². The molecule has 0 spiro atoms. The van der Waals surface area contributed by atoms with Crippen LogP contribution in [-0.2, 0) is 6.18 Å². The summed E-state index contributed by atoms with van der Waals surface area (Å²) in [6.45, 7) is 0. The molecule has 4 N–H and O–H groups in total. The minimum absolute atomic E-state index is 0.00336. The lowest BCUT2D eigenvalue weighted by molar-refractivity contribution is -0.140. The molecule has 1 heterocycles. The summed E-state index contributed by atoms with van der Waals surface area (Å²) in [5.41, 5.74) is 9.41. The highest BCUT2D eigenvalue weighted by atomic mass is 35.5. The summed E-state index contributed by atoms with van der Waals surface area (Å²) in [4.78, 5) is 12.6. The van der Waals surface area contributed by atoms with E-state index in [-0.39, 0.29) is 21.3 Å². The third-order valence-electron chi connectivity index (χ3n) is 2.95. The number of anilines is 2. The standard InChI is InChI=1S/C14H13Cl2F3N6/c1-25(2)5-22-10-7(15)3-6(4-8(10)16)9-11(14(17,18)19)23-13(21)24-12(9)20/h3-5H,1-2H3,(H4,20,21,23,24). The maximum absolute atomic E-state index is 13.3. The van der Waals surface area contributed by atoms with Crippen LogP contribution in [0, 0.1) is 0 Å². The first-order chi connectivity index (χ1) is 11.5. The van der Waals surface area contributed by atoms with Gasteiger partial charge in [0.1, 0.15) is 11.5 Å². The van der Waals surface area contributed by atoms with Crippen LogP contribution in [0.4, 0.5) is 30.6 Å². The van der Waals surface area contributed by atoms with Crippen molar-refractivity contribution < 1.29 is 13.2 Å². The van der Waals surface area contributed by atoms with Crippen LogP contribution >= 0.6 is 23.2 Å². The number of benzene rings is 1. The minimum Gasteiger partial charge on any atom is -0.383 e. The van der Waals surface area contributed by atoms with Crippen molar-refractivity contribution in [2.24, 2.45) is 4.99 Å². The molecule has 2 aromatic rings. The topological polar surface area (TPSA) is 93.4 Å². The molecule has 0 radical (unpaired) electrons. The van der Waals surface area contributed by atoms with E-state index in [1.54, 1.807) is 19.0 Å². The predicted molar refractivity (Wildman–Crippen MR) is 93.2 cm³/mol. The van der Waals surface area contributed by atoms with Crippen molar-refractivity contribution in [1.29, 1.82) is 0 Å². The zero-order valence-corrected chi connectivity index (χ0v) is 14.6. The number of nitrogens with zero attached hydrogens (tertiary/aromatic N) is 4. The highest BCUT2D eigenvalue weighted by molar-refractivity contribution is 6.39. The number of nitrogens with two attached hydrogens (primary N) is 2. The Bertz CT molecular complexity index is 813. The number of alkyl halides is 3. The fourth-order valence-electron chi connectivity index (χ4n) is 1.99. The first kappa shape index (κ1) is 19.1. The van der Waals surface area contributed by atoms with Gasteiger partial charge in [-0.3, -0.25) is 0 Å². The summed E-state index contributed by atoms with van der Waals surface area (Å²) < 4.78 is 39.9. The lowest BCUT2D eigenvalue weighted by Gasteiger charge is -2.15. The van der Waals surface area contributed by atoms with E-state index in [9.17, 15) is 13.2 Å². The molecule has 25 heavy (non-hydrogen) atoms. The van der Waals surface area contributed by atoms with E-state index in [1.165, 1.54) is 18.5 Å². The van der Waals surface area contributed by atoms with Crippen LogP contribution in [0.3, 0.4) is 0 Å². The Morgan fingerprint density at radius 2 is 1.68 bits per heavy atom. The molecular formula is C14H13Cl2F3N6. The van der Waals surface area contributed by atoms with E-state index in [0.29, 0.717) is 0 Å². The molecule has 0 aliphatic rings. The monoisotopic (exact) mass is 392 g/mol. The van der Waals surface area contributed by atoms with Gasteiger partial charge in [0.15, 0.2) is 5.69 Å². The summed E-state index contributed by atoms with van der Waals surface area (Å²) in [5, 5.41) is 0.0925. The maximum Gasteiger partial charge on any atom is 0.434 e. The quantitative estimate of drug-likeness (QED) is 0.610. The summed E-state index contributed by atoms with van der Waals surface area (Å²) in [5.74, 6) is -1.02. The van der Waals surface area contributed by atoms with Gasteiger partial charge in [0.2, 0.25) is 5.95 Å². The van der Waals surface area contributed by atoms with E-state index in [1.807, 2.05) is 0 Å². The van der Waals surface area contributed by atoms with Crippen LogP contribution in [0.5, 0.6) is 0 Å². The SMILES string of the molecule is CN(C)C=Nc1c(Cl)cc(-c2c(N)nc(N)nc2C(F)(F)F)cc1Cl. The highest BCUT2D eigenvalue weighted by Crippen LogP contribution is 2.43. The molecule has 2 rings (SSSR count). The van der Waals surface area contributed by atoms with Crippen molar-refractivity contribution >= 4 is 47.0 Å². The number of nitrogen functional groups attached to an aromatic ring is 2. The zero-order chi connectivity index (χ0) is 18.9. The molecule has 6 nitrogen and oxygen atoms in total. The molecule has 0 fully saturated rings. The second-order valence-corrected chi connectivity index (χ2v) is 6.00. The van der Waals surface area contributed by atoms with Crippen LogP contribution in [0.25, 0.3) is 11.1 Å². The predicted octanol–water partition coefficient (Wildman–Crippen LogP) is 3.86. The number of hydrogen-bond acceptors (Lipinski definition) is 5. The Morgan fingerprint density at radius 1 is 1.12 bits per heavy atom. The Morgan fingerprint density at radius 3 is 2.16 bits per heavy atom. The first-order valence-corrected chi connectivity index (χ1v) is 7.46. The van der Waals surface area contributed by atoms with Gasteiger partial charge in [0.05, 0.1) is 21.9 Å². The molecule has 0 aliphatic heterocycles. The van der Waals surface area contributed by atoms with Crippen molar-refractivity contribution in [3.05, 3.63) is 27.9 Å². The van der Waals surface area contributed by atoms with Crippen LogP contribution in [0.15, 0.2) is 17.1 Å². The van der Waals surface area contributed by atoms with Crippen LogP contribution in [0.2, 0.25) is 10.0 Å². The molecule has 0 amide bonds. The number of aromatic nitrogens is 2. The average Bonchev–Trinajstić information content (AvgIpc) is 2.44. The van der Waals surface area contributed by atoms with Gasteiger partial charge in [-0.15, -0.1) is 0 Å². The lowest BCUT2D eigenvalue weighted by atomic mass is 10.0. The normalized spacial score (nSPS) is 12.0. The molecular weight excluding hydrogens is 380 g/mol. The summed E-state index contributed by atoms with van der Waals surface area (Å²) in [6, 6.07) is 2.52. The fourth-order valence-corrected chi connectivity index (χ4v) is 2.58. The van der Waals surface area contributed by atoms with Gasteiger partial charge in [0.25, 0.3) is 0 Å². The second-order valence-electron chi connectivity index (χ2n) is 5.19. The Balaban J connectivity index is 2.69. The molecule has 1 aromatic heterocycles. The van der Waals surface area contributed by atoms with Crippen molar-refractivity contribution in [2.45, 2.75) is 6.18 Å². The Hall–Kier alpha value is -2.26. The molecule has 134 valence electrons. The molecule has 0 aliphatic carbocycles. The van der Waals surface area contributed by atoms with Gasteiger partial charge < -0.3 is 16.4 Å².